The van der Waals surface area contributed by atoms with Crippen molar-refractivity contribution in [1.82, 2.24) is 0 Å². The summed E-state index contributed by atoms with van der Waals surface area (Å²) in [7, 11) is 1.77. The lowest BCUT2D eigenvalue weighted by Crippen LogP contribution is -2.33. The summed E-state index contributed by atoms with van der Waals surface area (Å²) in [6, 6.07) is 4.73. The Kier molecular flexibility index (Phi) is 10.1. The van der Waals surface area contributed by atoms with Crippen molar-refractivity contribution in [3.05, 3.63) is 29.8 Å². The highest BCUT2D eigenvalue weighted by atomic mass is 16.5. The van der Waals surface area contributed by atoms with Gasteiger partial charge in [-0.2, -0.15) is 0 Å². The molecule has 1 aromatic carbocycles. The van der Waals surface area contributed by atoms with E-state index in [0.717, 1.165) is 95.0 Å². The quantitative estimate of drug-likeness (QED) is 0.361. The van der Waals surface area contributed by atoms with E-state index in [0.29, 0.717) is 36.2 Å². The number of phenols is 2. The molecule has 6 nitrogen and oxygen atoms in total. The minimum absolute atomic E-state index is 0.0792. The van der Waals surface area contributed by atoms with E-state index in [-0.39, 0.29) is 23.5 Å². The summed E-state index contributed by atoms with van der Waals surface area (Å²) in [5, 5.41) is 19.5. The molecular formula is C31H45NO5. The molecule has 6 heteroatoms. The van der Waals surface area contributed by atoms with Crippen molar-refractivity contribution in [2.24, 2.45) is 17.8 Å². The number of nitrogens with zero attached hydrogens (tertiary/aromatic N) is 1. The van der Waals surface area contributed by atoms with Gasteiger partial charge in [-0.05, 0) is 88.0 Å². The molecule has 1 saturated carbocycles. The number of aromatic hydroxyl groups is 2. The fourth-order valence-electron chi connectivity index (χ4n) is 6.35. The molecule has 1 saturated heterocycles. The van der Waals surface area contributed by atoms with Crippen molar-refractivity contribution < 1.29 is 24.5 Å². The molecule has 4 rings (SSSR count). The van der Waals surface area contributed by atoms with Crippen LogP contribution in [0, 0.1) is 17.8 Å². The number of phenolic OH excluding ortho intramolecular Hbond substituents is 2. The summed E-state index contributed by atoms with van der Waals surface area (Å²) in [5.74, 6) is 2.10. The number of methoxy groups -OCH3 is 1. The van der Waals surface area contributed by atoms with E-state index in [1.165, 1.54) is 12.5 Å². The molecule has 0 spiro atoms. The summed E-state index contributed by atoms with van der Waals surface area (Å²) < 4.78 is 5.88. The van der Waals surface area contributed by atoms with Gasteiger partial charge in [-0.3, -0.25) is 9.59 Å². The summed E-state index contributed by atoms with van der Waals surface area (Å²) >= 11 is 0. The molecule has 2 atom stereocenters. The maximum atomic E-state index is 12.8. The number of hydrogen-bond acceptors (Lipinski definition) is 6. The molecule has 0 amide bonds. The molecule has 1 aliphatic heterocycles. The number of carbonyl (C=O) groups is 2. The highest BCUT2D eigenvalue weighted by Crippen LogP contribution is 2.35. The number of rotatable bonds is 11. The Balaban J connectivity index is 1.17. The van der Waals surface area contributed by atoms with Gasteiger partial charge in [-0.25, -0.2) is 0 Å². The van der Waals surface area contributed by atoms with Crippen molar-refractivity contribution in [1.29, 1.82) is 0 Å². The van der Waals surface area contributed by atoms with Crippen LogP contribution < -0.4 is 4.90 Å². The normalized spacial score (nSPS) is 23.9. The number of ketones is 2. The Morgan fingerprint density at radius 3 is 2.35 bits per heavy atom. The number of piperidine rings is 1. The second-order valence-corrected chi connectivity index (χ2v) is 11.5. The fourth-order valence-corrected chi connectivity index (χ4v) is 6.35. The van der Waals surface area contributed by atoms with Gasteiger partial charge < -0.3 is 19.8 Å². The number of anilines is 1. The van der Waals surface area contributed by atoms with E-state index in [9.17, 15) is 19.8 Å². The highest BCUT2D eigenvalue weighted by Gasteiger charge is 2.30. The third-order valence-corrected chi connectivity index (χ3v) is 8.98. The number of carbonyl (C=O) groups excluding carboxylic acids is 2. The predicted octanol–water partition coefficient (Wildman–Crippen LogP) is 6.33. The predicted molar refractivity (Wildman–Crippen MR) is 146 cm³/mol. The van der Waals surface area contributed by atoms with E-state index < -0.39 is 0 Å². The van der Waals surface area contributed by atoms with E-state index in [4.69, 9.17) is 4.74 Å². The Hall–Kier alpha value is -2.34. The van der Waals surface area contributed by atoms with Gasteiger partial charge >= 0.3 is 0 Å². The molecular weight excluding hydrogens is 466 g/mol. The largest absolute Gasteiger partial charge is 0.508 e. The average Bonchev–Trinajstić information content (AvgIpc) is 2.82. The molecule has 204 valence electrons. The summed E-state index contributed by atoms with van der Waals surface area (Å²) in [6.45, 7) is 1.74. The van der Waals surface area contributed by atoms with E-state index in [1.807, 2.05) is 0 Å². The van der Waals surface area contributed by atoms with Crippen LogP contribution in [-0.4, -0.2) is 48.1 Å². The van der Waals surface area contributed by atoms with Gasteiger partial charge in [0, 0.05) is 62.8 Å². The van der Waals surface area contributed by atoms with Crippen LogP contribution in [-0.2, 0) is 14.3 Å². The molecule has 1 heterocycles. The van der Waals surface area contributed by atoms with Gasteiger partial charge in [0.05, 0.1) is 6.10 Å². The molecule has 0 radical (unpaired) electrons. The third-order valence-electron chi connectivity index (χ3n) is 8.98. The maximum Gasteiger partial charge on any atom is 0.161 e. The molecule has 0 aromatic heterocycles. The minimum Gasteiger partial charge on any atom is -0.508 e. The molecule has 2 aliphatic carbocycles. The molecule has 2 N–H and O–H groups in total. The van der Waals surface area contributed by atoms with Gasteiger partial charge in [0.25, 0.3) is 0 Å². The van der Waals surface area contributed by atoms with Crippen LogP contribution in [0.1, 0.15) is 89.9 Å². The first-order chi connectivity index (χ1) is 17.9. The van der Waals surface area contributed by atoms with E-state index in [2.05, 4.69) is 11.0 Å². The lowest BCUT2D eigenvalue weighted by molar-refractivity contribution is -0.121. The standard InChI is InChI=1S/C31H45NO5/c1-37-30(23-5-2-3-6-25(11-10-23)31(36)24-7-4-8-24)14-13-27(33)12-9-22-15-17-32(18-16-22)26-19-28(34)21-29(35)20-26/h6,19-24,30,34-35H,2-5,7-18H2,1H3/b25-6+/t23?,30-/m0/s1. The lowest BCUT2D eigenvalue weighted by atomic mass is 9.77. The van der Waals surface area contributed by atoms with Crippen LogP contribution in [0.25, 0.3) is 0 Å². The second-order valence-electron chi connectivity index (χ2n) is 11.5. The van der Waals surface area contributed by atoms with Gasteiger partial charge in [-0.15, -0.1) is 0 Å². The van der Waals surface area contributed by atoms with Crippen LogP contribution in [0.15, 0.2) is 29.8 Å². The maximum absolute atomic E-state index is 12.8. The van der Waals surface area contributed by atoms with Crippen LogP contribution in [0.3, 0.4) is 0 Å². The zero-order chi connectivity index (χ0) is 26.2. The highest BCUT2D eigenvalue weighted by molar-refractivity contribution is 5.97. The van der Waals surface area contributed by atoms with Crippen molar-refractivity contribution in [3.8, 4) is 11.5 Å². The molecule has 0 bridgehead atoms. The van der Waals surface area contributed by atoms with Crippen LogP contribution in [0.4, 0.5) is 5.69 Å². The van der Waals surface area contributed by atoms with E-state index >= 15 is 0 Å². The average molecular weight is 512 g/mol. The molecule has 37 heavy (non-hydrogen) atoms. The van der Waals surface area contributed by atoms with Crippen molar-refractivity contribution in [2.45, 2.75) is 96.0 Å². The first-order valence-corrected chi connectivity index (χ1v) is 14.5. The van der Waals surface area contributed by atoms with Gasteiger partial charge in [0.2, 0.25) is 0 Å². The van der Waals surface area contributed by atoms with Crippen LogP contribution in [0.2, 0.25) is 0 Å². The molecule has 1 unspecified atom stereocenters. The van der Waals surface area contributed by atoms with Gasteiger partial charge in [0.15, 0.2) is 5.78 Å². The van der Waals surface area contributed by atoms with Gasteiger partial charge in [-0.1, -0.05) is 12.5 Å². The number of allylic oxidation sites excluding steroid dienone is 2. The summed E-state index contributed by atoms with van der Waals surface area (Å²) in [5.41, 5.74) is 1.90. The number of ether oxygens (including phenoxy) is 1. The zero-order valence-corrected chi connectivity index (χ0v) is 22.5. The third kappa shape index (κ3) is 7.83. The number of Topliss-reactive ketones (excluding diaryl/α,β-unsaturated/α-hetero) is 2. The van der Waals surface area contributed by atoms with Gasteiger partial charge in [0.1, 0.15) is 17.3 Å². The topological polar surface area (TPSA) is 87.1 Å². The fraction of sp³-hybridized carbons (Fsp3) is 0.677. The number of benzene rings is 1. The van der Waals surface area contributed by atoms with Crippen molar-refractivity contribution in [2.75, 3.05) is 25.1 Å². The monoisotopic (exact) mass is 511 g/mol. The summed E-state index contributed by atoms with van der Waals surface area (Å²) in [6.07, 6.45) is 15.5. The van der Waals surface area contributed by atoms with Crippen molar-refractivity contribution in [3.63, 3.8) is 0 Å². The Morgan fingerprint density at radius 2 is 1.70 bits per heavy atom. The van der Waals surface area contributed by atoms with E-state index in [1.54, 1.807) is 19.2 Å². The zero-order valence-electron chi connectivity index (χ0n) is 22.5. The molecule has 2 fully saturated rings. The SMILES string of the molecule is CO[C@@H](CCC(=O)CCC1CCN(c2cc(O)cc(O)c2)CC1)C1CCC/C=C(/C(=O)C2CCC2)CC1. The second kappa shape index (κ2) is 13.5. The van der Waals surface area contributed by atoms with Crippen LogP contribution >= 0.6 is 0 Å². The Bertz CT molecular complexity index is 925. The smallest absolute Gasteiger partial charge is 0.161 e. The minimum atomic E-state index is 0.0792. The first kappa shape index (κ1) is 27.7. The Morgan fingerprint density at radius 1 is 0.973 bits per heavy atom. The molecule has 1 aromatic rings. The van der Waals surface area contributed by atoms with Crippen molar-refractivity contribution >= 4 is 17.3 Å². The number of hydrogen-bond donors (Lipinski definition) is 2. The first-order valence-electron chi connectivity index (χ1n) is 14.5. The lowest BCUT2D eigenvalue weighted by Gasteiger charge is -2.33. The van der Waals surface area contributed by atoms with Crippen LogP contribution in [0.5, 0.6) is 11.5 Å². The summed E-state index contributed by atoms with van der Waals surface area (Å²) in [4.78, 5) is 27.7. The Labute approximate surface area is 222 Å². The molecule has 3 aliphatic rings.